The van der Waals surface area contributed by atoms with Crippen molar-refractivity contribution in [2.24, 2.45) is 0 Å². The van der Waals surface area contributed by atoms with Crippen LogP contribution in [-0.2, 0) is 4.74 Å². The second kappa shape index (κ2) is 3.69. The summed E-state index contributed by atoms with van der Waals surface area (Å²) in [6.45, 7) is 2.04. The molecule has 0 radical (unpaired) electrons. The standard InChI is InChI=1S/C11H17BrNO/c1-9-13(2)11(10(8-12)14-9)6-4-3-5-7-11/h8H,3-7H2,1-2H3/q+1. The Morgan fingerprint density at radius 3 is 2.57 bits per heavy atom. The van der Waals surface area contributed by atoms with E-state index in [9.17, 15) is 0 Å². The fourth-order valence-corrected chi connectivity index (χ4v) is 3.15. The zero-order valence-electron chi connectivity index (χ0n) is 8.85. The molecule has 1 heterocycles. The highest BCUT2D eigenvalue weighted by Gasteiger charge is 2.51. The third-order valence-corrected chi connectivity index (χ3v) is 4.03. The monoisotopic (exact) mass is 258 g/mol. The molecule has 0 aromatic rings. The summed E-state index contributed by atoms with van der Waals surface area (Å²) in [7, 11) is 2.14. The van der Waals surface area contributed by atoms with Gasteiger partial charge in [-0.25, -0.2) is 0 Å². The molecule has 0 aromatic heterocycles. The highest BCUT2D eigenvalue weighted by Crippen LogP contribution is 2.41. The summed E-state index contributed by atoms with van der Waals surface area (Å²) in [5.74, 6) is 2.12. The minimum atomic E-state index is 0.159. The molecule has 1 saturated carbocycles. The van der Waals surface area contributed by atoms with Crippen molar-refractivity contribution in [3.63, 3.8) is 0 Å². The topological polar surface area (TPSA) is 12.2 Å². The highest BCUT2D eigenvalue weighted by atomic mass is 79.9. The quantitative estimate of drug-likeness (QED) is 0.609. The molecule has 0 aromatic carbocycles. The number of hydrogen-bond donors (Lipinski definition) is 0. The smallest absolute Gasteiger partial charge is 0.339 e. The van der Waals surface area contributed by atoms with Crippen LogP contribution in [-0.4, -0.2) is 23.1 Å². The van der Waals surface area contributed by atoms with Crippen LogP contribution in [0.15, 0.2) is 10.7 Å². The maximum atomic E-state index is 5.77. The van der Waals surface area contributed by atoms with Crippen molar-refractivity contribution < 1.29 is 9.31 Å². The van der Waals surface area contributed by atoms with Crippen LogP contribution in [0, 0.1) is 0 Å². The van der Waals surface area contributed by atoms with E-state index in [2.05, 4.69) is 27.6 Å². The maximum Gasteiger partial charge on any atom is 0.339 e. The fraction of sp³-hybridized carbons (Fsp3) is 0.727. The van der Waals surface area contributed by atoms with E-state index in [1.54, 1.807) is 0 Å². The molecule has 0 saturated heterocycles. The molecule has 1 spiro atoms. The van der Waals surface area contributed by atoms with Gasteiger partial charge < -0.3 is 4.74 Å². The van der Waals surface area contributed by atoms with E-state index in [0.29, 0.717) is 0 Å². The van der Waals surface area contributed by atoms with Crippen LogP contribution in [0.5, 0.6) is 0 Å². The first-order valence-corrected chi connectivity index (χ1v) is 6.18. The van der Waals surface area contributed by atoms with E-state index in [4.69, 9.17) is 4.74 Å². The maximum absolute atomic E-state index is 5.77. The Bertz CT molecular complexity index is 300. The molecule has 1 fully saturated rings. The lowest BCUT2D eigenvalue weighted by Gasteiger charge is -2.28. The van der Waals surface area contributed by atoms with Crippen molar-refractivity contribution in [1.82, 2.24) is 0 Å². The molecule has 78 valence electrons. The first-order chi connectivity index (χ1) is 6.70. The van der Waals surface area contributed by atoms with E-state index in [1.807, 2.05) is 11.9 Å². The van der Waals surface area contributed by atoms with Gasteiger partial charge in [0, 0.05) is 17.8 Å². The number of likely N-dealkylation sites (N-methyl/N-ethyl adjacent to an activating group) is 1. The van der Waals surface area contributed by atoms with Gasteiger partial charge in [0.2, 0.25) is 5.54 Å². The number of ether oxygens (including phenoxy) is 1. The lowest BCUT2D eigenvalue weighted by atomic mass is 9.80. The molecule has 14 heavy (non-hydrogen) atoms. The molecule has 2 rings (SSSR count). The van der Waals surface area contributed by atoms with Gasteiger partial charge in [0.1, 0.15) is 7.05 Å². The Kier molecular flexibility index (Phi) is 2.69. The number of nitrogens with zero attached hydrogens (tertiary/aromatic N) is 1. The van der Waals surface area contributed by atoms with Crippen LogP contribution in [0.3, 0.4) is 0 Å². The molecule has 0 bridgehead atoms. The van der Waals surface area contributed by atoms with Gasteiger partial charge in [-0.1, -0.05) is 22.4 Å². The second-order valence-electron chi connectivity index (χ2n) is 4.25. The number of hydrogen-bond acceptors (Lipinski definition) is 1. The third kappa shape index (κ3) is 1.33. The summed E-state index contributed by atoms with van der Waals surface area (Å²) in [5.41, 5.74) is 0.159. The zero-order valence-corrected chi connectivity index (χ0v) is 10.4. The van der Waals surface area contributed by atoms with Gasteiger partial charge in [-0.15, -0.1) is 0 Å². The summed E-state index contributed by atoms with van der Waals surface area (Å²) in [6.07, 6.45) is 6.43. The van der Waals surface area contributed by atoms with Crippen molar-refractivity contribution >= 4 is 21.8 Å². The van der Waals surface area contributed by atoms with Crippen LogP contribution in [0.1, 0.15) is 39.0 Å². The van der Waals surface area contributed by atoms with Gasteiger partial charge >= 0.3 is 5.90 Å². The van der Waals surface area contributed by atoms with Gasteiger partial charge in [-0.3, -0.25) is 0 Å². The second-order valence-corrected chi connectivity index (χ2v) is 4.70. The number of halogens is 1. The molecule has 1 aliphatic carbocycles. The molecule has 0 unspecified atom stereocenters. The molecule has 1 aliphatic heterocycles. The van der Waals surface area contributed by atoms with Crippen LogP contribution < -0.4 is 0 Å². The van der Waals surface area contributed by atoms with Gasteiger partial charge in [-0.05, 0) is 12.8 Å². The van der Waals surface area contributed by atoms with Gasteiger partial charge in [0.15, 0.2) is 5.76 Å². The van der Waals surface area contributed by atoms with Crippen LogP contribution in [0.2, 0.25) is 0 Å². The third-order valence-electron chi connectivity index (χ3n) is 3.61. The van der Waals surface area contributed by atoms with Crippen molar-refractivity contribution in [2.45, 2.75) is 44.6 Å². The Labute approximate surface area is 93.8 Å². The van der Waals surface area contributed by atoms with Crippen LogP contribution >= 0.6 is 15.9 Å². The zero-order chi connectivity index (χ0) is 10.2. The minimum absolute atomic E-state index is 0.159. The lowest BCUT2D eigenvalue weighted by molar-refractivity contribution is -0.570. The molecule has 0 atom stereocenters. The molecule has 2 nitrogen and oxygen atoms in total. The summed E-state index contributed by atoms with van der Waals surface area (Å²) in [4.78, 5) is 1.95. The first kappa shape index (κ1) is 10.2. The predicted octanol–water partition coefficient (Wildman–Crippen LogP) is 3.02. The van der Waals surface area contributed by atoms with Crippen molar-refractivity contribution in [3.8, 4) is 0 Å². The van der Waals surface area contributed by atoms with Crippen molar-refractivity contribution in [2.75, 3.05) is 7.05 Å². The molecule has 2 aliphatic rings. The Morgan fingerprint density at radius 2 is 2.00 bits per heavy atom. The summed E-state index contributed by atoms with van der Waals surface area (Å²) in [6, 6.07) is 0. The molecule has 3 heteroatoms. The summed E-state index contributed by atoms with van der Waals surface area (Å²) >= 11 is 3.41. The SMILES string of the molecule is CC1=[N+](C)C2(CCCCC2)C(=CBr)O1. The van der Waals surface area contributed by atoms with E-state index in [-0.39, 0.29) is 5.54 Å². The Morgan fingerprint density at radius 1 is 1.36 bits per heavy atom. The molecule has 0 N–H and O–H groups in total. The fourth-order valence-electron chi connectivity index (χ4n) is 2.63. The number of rotatable bonds is 0. The Balaban J connectivity index is 2.38. The predicted molar refractivity (Wildman–Crippen MR) is 60.8 cm³/mol. The summed E-state index contributed by atoms with van der Waals surface area (Å²) < 4.78 is 8.08. The summed E-state index contributed by atoms with van der Waals surface area (Å²) in [5, 5.41) is 0. The normalized spacial score (nSPS) is 28.6. The average Bonchev–Trinajstić information content (AvgIpc) is 2.45. The highest BCUT2D eigenvalue weighted by molar-refractivity contribution is 9.11. The van der Waals surface area contributed by atoms with E-state index < -0.39 is 0 Å². The largest absolute Gasteiger partial charge is 0.405 e. The molecular formula is C11H17BrNO+. The van der Waals surface area contributed by atoms with E-state index in [0.717, 1.165) is 11.7 Å². The van der Waals surface area contributed by atoms with Crippen molar-refractivity contribution in [1.29, 1.82) is 0 Å². The minimum Gasteiger partial charge on any atom is -0.405 e. The van der Waals surface area contributed by atoms with E-state index >= 15 is 0 Å². The molecular weight excluding hydrogens is 242 g/mol. The lowest BCUT2D eigenvalue weighted by Crippen LogP contribution is -2.41. The van der Waals surface area contributed by atoms with Crippen LogP contribution in [0.4, 0.5) is 0 Å². The van der Waals surface area contributed by atoms with E-state index in [1.165, 1.54) is 32.1 Å². The Hall–Kier alpha value is -0.310. The van der Waals surface area contributed by atoms with Gasteiger partial charge in [-0.2, -0.15) is 4.58 Å². The van der Waals surface area contributed by atoms with Crippen LogP contribution in [0.25, 0.3) is 0 Å². The average molecular weight is 259 g/mol. The van der Waals surface area contributed by atoms with Crippen molar-refractivity contribution in [3.05, 3.63) is 10.7 Å². The van der Waals surface area contributed by atoms with Gasteiger partial charge in [0.05, 0.1) is 6.92 Å². The van der Waals surface area contributed by atoms with Gasteiger partial charge in [0.25, 0.3) is 0 Å². The first-order valence-electron chi connectivity index (χ1n) is 5.27. The molecule has 0 amide bonds.